The summed E-state index contributed by atoms with van der Waals surface area (Å²) < 4.78 is 1.63. The van der Waals surface area contributed by atoms with E-state index >= 15 is 0 Å². The number of aryl methyl sites for hydroxylation is 2. The summed E-state index contributed by atoms with van der Waals surface area (Å²) in [5, 5.41) is 5.75. The Labute approximate surface area is 173 Å². The van der Waals surface area contributed by atoms with Crippen molar-refractivity contribution < 1.29 is 9.59 Å². The summed E-state index contributed by atoms with van der Waals surface area (Å²) in [6.07, 6.45) is 5.06. The van der Waals surface area contributed by atoms with Crippen LogP contribution in [0.4, 0.5) is 5.69 Å². The first-order chi connectivity index (χ1) is 14.5. The van der Waals surface area contributed by atoms with Crippen molar-refractivity contribution >= 4 is 23.0 Å². The molecule has 7 heteroatoms. The Morgan fingerprint density at radius 2 is 1.80 bits per heavy atom. The van der Waals surface area contributed by atoms with Gasteiger partial charge in [0.25, 0.3) is 11.8 Å². The number of fused-ring (bicyclic) bond motifs is 1. The lowest BCUT2D eigenvalue weighted by Crippen LogP contribution is -2.23. The van der Waals surface area contributed by atoms with Crippen LogP contribution in [0.3, 0.4) is 0 Å². The highest BCUT2D eigenvalue weighted by Crippen LogP contribution is 2.19. The van der Waals surface area contributed by atoms with Gasteiger partial charge in [-0.3, -0.25) is 19.0 Å². The van der Waals surface area contributed by atoms with Gasteiger partial charge in [-0.2, -0.15) is 0 Å². The molecule has 30 heavy (non-hydrogen) atoms. The second-order valence-electron chi connectivity index (χ2n) is 7.05. The van der Waals surface area contributed by atoms with Crippen molar-refractivity contribution in [1.82, 2.24) is 19.7 Å². The molecule has 0 atom stereocenters. The maximum atomic E-state index is 12.9. The zero-order valence-corrected chi connectivity index (χ0v) is 16.7. The third kappa shape index (κ3) is 3.91. The molecule has 0 unspecified atom stereocenters. The summed E-state index contributed by atoms with van der Waals surface area (Å²) in [6, 6.07) is 14.8. The number of imidazole rings is 1. The first-order valence-corrected chi connectivity index (χ1v) is 9.56. The van der Waals surface area contributed by atoms with E-state index in [4.69, 9.17) is 0 Å². The number of benzene rings is 1. The number of hydrogen-bond acceptors (Lipinski definition) is 4. The Hall–Kier alpha value is -4.00. The van der Waals surface area contributed by atoms with Gasteiger partial charge in [-0.25, -0.2) is 4.98 Å². The molecule has 3 heterocycles. The van der Waals surface area contributed by atoms with Crippen molar-refractivity contribution in [3.8, 4) is 0 Å². The van der Waals surface area contributed by atoms with Gasteiger partial charge in [-0.1, -0.05) is 23.8 Å². The van der Waals surface area contributed by atoms with Crippen LogP contribution < -0.4 is 10.6 Å². The van der Waals surface area contributed by atoms with Gasteiger partial charge >= 0.3 is 0 Å². The van der Waals surface area contributed by atoms with E-state index in [-0.39, 0.29) is 23.3 Å². The van der Waals surface area contributed by atoms with Crippen LogP contribution in [0.2, 0.25) is 0 Å². The molecule has 0 spiro atoms. The molecule has 4 rings (SSSR count). The minimum Gasteiger partial charge on any atom is -0.347 e. The Balaban J connectivity index is 1.61. The molecule has 0 fully saturated rings. The number of carbonyl (C=O) groups is 2. The minimum absolute atomic E-state index is 0.152. The zero-order chi connectivity index (χ0) is 21.1. The highest BCUT2D eigenvalue weighted by molar-refractivity contribution is 6.06. The van der Waals surface area contributed by atoms with Crippen LogP contribution in [-0.2, 0) is 6.54 Å². The van der Waals surface area contributed by atoms with Gasteiger partial charge in [0.1, 0.15) is 0 Å². The second kappa shape index (κ2) is 8.16. The number of carbonyl (C=O) groups excluding carboxylic acids is 2. The van der Waals surface area contributed by atoms with E-state index in [2.05, 4.69) is 20.6 Å². The third-order valence-electron chi connectivity index (χ3n) is 4.80. The van der Waals surface area contributed by atoms with Crippen LogP contribution in [0.1, 0.15) is 37.8 Å². The molecular weight excluding hydrogens is 378 g/mol. The predicted molar refractivity (Wildman–Crippen MR) is 114 cm³/mol. The fourth-order valence-electron chi connectivity index (χ4n) is 3.26. The summed E-state index contributed by atoms with van der Waals surface area (Å²) in [6.45, 7) is 4.28. The Bertz CT molecular complexity index is 1230. The lowest BCUT2D eigenvalue weighted by atomic mass is 10.1. The number of nitrogens with zero attached hydrogens (tertiary/aromatic N) is 3. The Kier molecular flexibility index (Phi) is 5.26. The van der Waals surface area contributed by atoms with Gasteiger partial charge in [0, 0.05) is 30.8 Å². The molecule has 0 saturated carbocycles. The maximum absolute atomic E-state index is 12.9. The monoisotopic (exact) mass is 399 g/mol. The standard InChI is InChI=1S/C23H21N5O2/c1-15-6-7-18(16(2)13-15)26-23(30)21-27-20(19-5-3-4-12-28(19)21)22(29)25-14-17-8-10-24-11-9-17/h3-13H,14H2,1-2H3,(H,25,29)(H,26,30). The van der Waals surface area contributed by atoms with Crippen molar-refractivity contribution in [2.24, 2.45) is 0 Å². The van der Waals surface area contributed by atoms with Gasteiger partial charge in [0.15, 0.2) is 5.69 Å². The number of rotatable bonds is 5. The van der Waals surface area contributed by atoms with E-state index in [1.807, 2.05) is 50.2 Å². The molecule has 4 aromatic rings. The summed E-state index contributed by atoms with van der Waals surface area (Å²) in [4.78, 5) is 34.1. The fourth-order valence-corrected chi connectivity index (χ4v) is 3.26. The average Bonchev–Trinajstić information content (AvgIpc) is 3.15. The van der Waals surface area contributed by atoms with E-state index in [9.17, 15) is 9.59 Å². The molecule has 0 aliphatic heterocycles. The van der Waals surface area contributed by atoms with Crippen molar-refractivity contribution in [2.75, 3.05) is 5.32 Å². The van der Waals surface area contributed by atoms with Gasteiger partial charge in [-0.15, -0.1) is 0 Å². The molecule has 1 aromatic carbocycles. The zero-order valence-electron chi connectivity index (χ0n) is 16.7. The molecule has 0 bridgehead atoms. The van der Waals surface area contributed by atoms with Crippen molar-refractivity contribution in [2.45, 2.75) is 20.4 Å². The lowest BCUT2D eigenvalue weighted by Gasteiger charge is -2.08. The van der Waals surface area contributed by atoms with E-state index in [1.54, 1.807) is 35.1 Å². The maximum Gasteiger partial charge on any atom is 0.292 e. The smallest absolute Gasteiger partial charge is 0.292 e. The van der Waals surface area contributed by atoms with E-state index in [0.717, 1.165) is 16.7 Å². The predicted octanol–water partition coefficient (Wildman–Crippen LogP) is 3.53. The van der Waals surface area contributed by atoms with Crippen molar-refractivity contribution in [3.05, 3.63) is 95.3 Å². The van der Waals surface area contributed by atoms with Crippen LogP contribution in [-0.4, -0.2) is 26.2 Å². The summed E-state index contributed by atoms with van der Waals surface area (Å²) in [7, 11) is 0. The van der Waals surface area contributed by atoms with Gasteiger partial charge in [0.05, 0.1) is 5.52 Å². The first-order valence-electron chi connectivity index (χ1n) is 9.56. The second-order valence-corrected chi connectivity index (χ2v) is 7.05. The number of nitrogens with one attached hydrogen (secondary N) is 2. The summed E-state index contributed by atoms with van der Waals surface area (Å²) >= 11 is 0. The highest BCUT2D eigenvalue weighted by atomic mass is 16.2. The number of hydrogen-bond donors (Lipinski definition) is 2. The molecule has 2 amide bonds. The van der Waals surface area contributed by atoms with Gasteiger partial charge < -0.3 is 10.6 Å². The summed E-state index contributed by atoms with van der Waals surface area (Å²) in [5.41, 5.74) is 4.48. The third-order valence-corrected chi connectivity index (χ3v) is 4.80. The largest absolute Gasteiger partial charge is 0.347 e. The number of anilines is 1. The van der Waals surface area contributed by atoms with Crippen LogP contribution >= 0.6 is 0 Å². The molecular formula is C23H21N5O2. The Morgan fingerprint density at radius 3 is 2.57 bits per heavy atom. The topological polar surface area (TPSA) is 88.4 Å². The molecule has 0 saturated heterocycles. The van der Waals surface area contributed by atoms with Gasteiger partial charge in [0.2, 0.25) is 5.82 Å². The minimum atomic E-state index is -0.378. The first kappa shape index (κ1) is 19.3. The Morgan fingerprint density at radius 1 is 1.00 bits per heavy atom. The molecule has 7 nitrogen and oxygen atoms in total. The number of pyridine rings is 2. The fraction of sp³-hybridized carbons (Fsp3) is 0.130. The van der Waals surface area contributed by atoms with Crippen LogP contribution in [0.25, 0.3) is 5.52 Å². The molecule has 150 valence electrons. The van der Waals surface area contributed by atoms with Crippen molar-refractivity contribution in [3.63, 3.8) is 0 Å². The van der Waals surface area contributed by atoms with E-state index in [0.29, 0.717) is 17.7 Å². The molecule has 2 N–H and O–H groups in total. The molecule has 0 radical (unpaired) electrons. The van der Waals surface area contributed by atoms with Crippen molar-refractivity contribution in [1.29, 1.82) is 0 Å². The van der Waals surface area contributed by atoms with Crippen LogP contribution in [0, 0.1) is 13.8 Å². The number of aromatic nitrogens is 3. The normalized spacial score (nSPS) is 10.7. The molecule has 3 aromatic heterocycles. The average molecular weight is 399 g/mol. The molecule has 0 aliphatic rings. The van der Waals surface area contributed by atoms with E-state index in [1.165, 1.54) is 0 Å². The highest BCUT2D eigenvalue weighted by Gasteiger charge is 2.21. The summed E-state index contributed by atoms with van der Waals surface area (Å²) in [5.74, 6) is -0.572. The van der Waals surface area contributed by atoms with Crippen LogP contribution in [0.5, 0.6) is 0 Å². The molecule has 0 aliphatic carbocycles. The quantitative estimate of drug-likeness (QED) is 0.537. The lowest BCUT2D eigenvalue weighted by molar-refractivity contribution is 0.0948. The van der Waals surface area contributed by atoms with Crippen LogP contribution in [0.15, 0.2) is 67.1 Å². The van der Waals surface area contributed by atoms with E-state index < -0.39 is 0 Å². The number of amides is 2. The SMILES string of the molecule is Cc1ccc(NC(=O)c2nc(C(=O)NCc3ccncc3)c3ccccn23)c(C)c1. The van der Waals surface area contributed by atoms with Gasteiger partial charge in [-0.05, 0) is 55.3 Å².